The summed E-state index contributed by atoms with van der Waals surface area (Å²) in [5, 5.41) is 4.64. The number of thiocarbonyl (C=S) groups is 1. The Morgan fingerprint density at radius 3 is 1.90 bits per heavy atom. The quantitative estimate of drug-likeness (QED) is 0.425. The number of halogens is 1. The van der Waals surface area contributed by atoms with Crippen LogP contribution in [0, 0.1) is 0 Å². The van der Waals surface area contributed by atoms with E-state index in [9.17, 15) is 0 Å². The molecule has 0 saturated heterocycles. The number of hydrogen-bond donors (Lipinski definition) is 1. The number of nitrogens with zero attached hydrogens (tertiary/aromatic N) is 1. The first-order chi connectivity index (χ1) is 14.6. The van der Waals surface area contributed by atoms with Gasteiger partial charge < -0.3 is 19.7 Å². The van der Waals surface area contributed by atoms with Crippen molar-refractivity contribution < 1.29 is 9.47 Å². The molecule has 1 N–H and O–H groups in total. The van der Waals surface area contributed by atoms with Crippen LogP contribution in [-0.2, 0) is 13.1 Å². The molecule has 6 heteroatoms. The van der Waals surface area contributed by atoms with Crippen LogP contribution in [-0.4, -0.2) is 23.7 Å². The summed E-state index contributed by atoms with van der Waals surface area (Å²) in [5.74, 6) is 1.70. The molecule has 0 heterocycles. The van der Waals surface area contributed by atoms with Crippen LogP contribution in [0.15, 0.2) is 72.8 Å². The minimum Gasteiger partial charge on any atom is -0.497 e. The second-order valence-corrected chi connectivity index (χ2v) is 7.54. The molecule has 0 aromatic heterocycles. The summed E-state index contributed by atoms with van der Waals surface area (Å²) >= 11 is 11.7. The maximum Gasteiger partial charge on any atom is 0.174 e. The highest BCUT2D eigenvalue weighted by Gasteiger charge is 2.12. The van der Waals surface area contributed by atoms with Gasteiger partial charge in [0.25, 0.3) is 0 Å². The first kappa shape index (κ1) is 21.9. The van der Waals surface area contributed by atoms with E-state index in [0.29, 0.717) is 29.8 Å². The van der Waals surface area contributed by atoms with Crippen LogP contribution in [0.4, 0.5) is 5.69 Å². The van der Waals surface area contributed by atoms with E-state index in [1.54, 1.807) is 7.11 Å². The van der Waals surface area contributed by atoms with E-state index in [0.717, 1.165) is 28.3 Å². The predicted molar refractivity (Wildman–Crippen MR) is 128 cm³/mol. The number of ether oxygens (including phenoxy) is 2. The third-order valence-electron chi connectivity index (χ3n) is 4.52. The van der Waals surface area contributed by atoms with Gasteiger partial charge in [0.15, 0.2) is 5.11 Å². The van der Waals surface area contributed by atoms with Crippen LogP contribution in [0.3, 0.4) is 0 Å². The van der Waals surface area contributed by atoms with E-state index in [-0.39, 0.29) is 0 Å². The van der Waals surface area contributed by atoms with Crippen molar-refractivity contribution >= 4 is 34.6 Å². The molecule has 3 aromatic rings. The van der Waals surface area contributed by atoms with Crippen LogP contribution in [0.5, 0.6) is 11.5 Å². The molecule has 0 saturated carbocycles. The lowest BCUT2D eigenvalue weighted by atomic mass is 10.1. The Kier molecular flexibility index (Phi) is 7.94. The number of nitrogens with one attached hydrogen (secondary N) is 1. The van der Waals surface area contributed by atoms with Gasteiger partial charge in [-0.1, -0.05) is 35.9 Å². The first-order valence-corrected chi connectivity index (χ1v) is 10.5. The van der Waals surface area contributed by atoms with Crippen LogP contribution < -0.4 is 14.8 Å². The molecule has 3 rings (SSSR count). The van der Waals surface area contributed by atoms with E-state index in [4.69, 9.17) is 33.3 Å². The molecular weight excluding hydrogens is 416 g/mol. The molecule has 30 heavy (non-hydrogen) atoms. The minimum atomic E-state index is 0.641. The summed E-state index contributed by atoms with van der Waals surface area (Å²) in [4.78, 5) is 2.13. The zero-order valence-electron chi connectivity index (χ0n) is 17.1. The molecule has 0 atom stereocenters. The molecule has 156 valence electrons. The first-order valence-electron chi connectivity index (χ1n) is 9.73. The smallest absolute Gasteiger partial charge is 0.174 e. The number of benzene rings is 3. The van der Waals surface area contributed by atoms with Crippen LogP contribution in [0.1, 0.15) is 18.1 Å². The fraction of sp³-hybridized carbons (Fsp3) is 0.208. The summed E-state index contributed by atoms with van der Waals surface area (Å²) in [6, 6.07) is 23.6. The molecule has 0 amide bonds. The fourth-order valence-electron chi connectivity index (χ4n) is 2.96. The van der Waals surface area contributed by atoms with Crippen molar-refractivity contribution in [1.82, 2.24) is 4.90 Å². The molecule has 0 spiro atoms. The highest BCUT2D eigenvalue weighted by molar-refractivity contribution is 7.80. The summed E-state index contributed by atoms with van der Waals surface area (Å²) in [6.07, 6.45) is 0. The largest absolute Gasteiger partial charge is 0.497 e. The van der Waals surface area contributed by atoms with Crippen molar-refractivity contribution in [3.63, 3.8) is 0 Å². The number of rotatable bonds is 8. The van der Waals surface area contributed by atoms with Crippen molar-refractivity contribution in [1.29, 1.82) is 0 Å². The molecule has 4 nitrogen and oxygen atoms in total. The topological polar surface area (TPSA) is 33.7 Å². The van der Waals surface area contributed by atoms with Crippen molar-refractivity contribution in [2.24, 2.45) is 0 Å². The normalized spacial score (nSPS) is 10.4. The van der Waals surface area contributed by atoms with E-state index in [2.05, 4.69) is 34.5 Å². The summed E-state index contributed by atoms with van der Waals surface area (Å²) < 4.78 is 10.8. The molecule has 0 bridgehead atoms. The van der Waals surface area contributed by atoms with Crippen molar-refractivity contribution in [3.8, 4) is 11.5 Å². The SMILES string of the molecule is CCOc1ccc(CN(Cc2ccc(OC)cc2)C(=S)Nc2ccc(Cl)cc2)cc1. The standard InChI is InChI=1S/C24H25ClN2O2S/c1-3-29-23-14-6-19(7-15-23)17-27(16-18-4-12-22(28-2)13-5-18)24(30)26-21-10-8-20(25)9-11-21/h4-15H,3,16-17H2,1-2H3,(H,26,30). The lowest BCUT2D eigenvalue weighted by Gasteiger charge is -2.26. The Morgan fingerprint density at radius 1 is 0.867 bits per heavy atom. The van der Waals surface area contributed by atoms with Gasteiger partial charge in [-0.2, -0.15) is 0 Å². The minimum absolute atomic E-state index is 0.641. The monoisotopic (exact) mass is 440 g/mol. The third kappa shape index (κ3) is 6.37. The maximum atomic E-state index is 5.99. The molecule has 0 fully saturated rings. The van der Waals surface area contributed by atoms with Gasteiger partial charge in [0.2, 0.25) is 0 Å². The Bertz CT molecular complexity index is 944. The maximum absolute atomic E-state index is 5.99. The zero-order valence-corrected chi connectivity index (χ0v) is 18.7. The van der Waals surface area contributed by atoms with Crippen LogP contribution in [0.2, 0.25) is 5.02 Å². The van der Waals surface area contributed by atoms with Gasteiger partial charge in [0.1, 0.15) is 11.5 Å². The van der Waals surface area contributed by atoms with Gasteiger partial charge in [0, 0.05) is 23.8 Å². The average molecular weight is 441 g/mol. The second-order valence-electron chi connectivity index (χ2n) is 6.72. The summed E-state index contributed by atoms with van der Waals surface area (Å²) in [7, 11) is 1.67. The van der Waals surface area contributed by atoms with E-state index >= 15 is 0 Å². The van der Waals surface area contributed by atoms with Gasteiger partial charge in [-0.25, -0.2) is 0 Å². The Labute approximate surface area is 188 Å². The molecule has 3 aromatic carbocycles. The van der Waals surface area contributed by atoms with E-state index in [1.807, 2.05) is 55.5 Å². The predicted octanol–water partition coefficient (Wildman–Crippen LogP) is 6.15. The highest BCUT2D eigenvalue weighted by atomic mass is 35.5. The highest BCUT2D eigenvalue weighted by Crippen LogP contribution is 2.19. The Hall–Kier alpha value is -2.76. The summed E-state index contributed by atoms with van der Waals surface area (Å²) in [5.41, 5.74) is 3.19. The van der Waals surface area contributed by atoms with Gasteiger partial charge in [-0.05, 0) is 78.8 Å². The van der Waals surface area contributed by atoms with Gasteiger partial charge in [-0.3, -0.25) is 0 Å². The van der Waals surface area contributed by atoms with Crippen molar-refractivity contribution in [3.05, 3.63) is 88.9 Å². The molecule has 0 radical (unpaired) electrons. The zero-order chi connectivity index (χ0) is 21.3. The van der Waals surface area contributed by atoms with Gasteiger partial charge >= 0.3 is 0 Å². The van der Waals surface area contributed by atoms with Crippen molar-refractivity contribution in [2.75, 3.05) is 19.0 Å². The average Bonchev–Trinajstić information content (AvgIpc) is 2.77. The van der Waals surface area contributed by atoms with Gasteiger partial charge in [0.05, 0.1) is 13.7 Å². The van der Waals surface area contributed by atoms with Crippen LogP contribution >= 0.6 is 23.8 Å². The Balaban J connectivity index is 1.77. The molecule has 0 unspecified atom stereocenters. The molecule has 0 aliphatic heterocycles. The lowest BCUT2D eigenvalue weighted by molar-refractivity contribution is 0.340. The molecule has 0 aliphatic carbocycles. The molecular formula is C24H25ClN2O2S. The number of anilines is 1. The number of hydrogen-bond acceptors (Lipinski definition) is 3. The second kappa shape index (κ2) is 10.9. The van der Waals surface area contributed by atoms with E-state index < -0.39 is 0 Å². The van der Waals surface area contributed by atoms with Gasteiger partial charge in [-0.15, -0.1) is 0 Å². The summed E-state index contributed by atoms with van der Waals surface area (Å²) in [6.45, 7) is 3.96. The fourth-order valence-corrected chi connectivity index (χ4v) is 3.34. The number of methoxy groups -OCH3 is 1. The van der Waals surface area contributed by atoms with E-state index in [1.165, 1.54) is 0 Å². The third-order valence-corrected chi connectivity index (χ3v) is 5.14. The Morgan fingerprint density at radius 2 is 1.40 bits per heavy atom. The molecule has 0 aliphatic rings. The van der Waals surface area contributed by atoms with Crippen LogP contribution in [0.25, 0.3) is 0 Å². The van der Waals surface area contributed by atoms with Crippen molar-refractivity contribution in [2.45, 2.75) is 20.0 Å². The lowest BCUT2D eigenvalue weighted by Crippen LogP contribution is -2.33.